The molecule has 0 aliphatic heterocycles. The fraction of sp³-hybridized carbons (Fsp3) is 0.150. The third-order valence-electron chi connectivity index (χ3n) is 3.87. The highest BCUT2D eigenvalue weighted by molar-refractivity contribution is 5.91. The van der Waals surface area contributed by atoms with Crippen LogP contribution < -0.4 is 5.32 Å². The van der Waals surface area contributed by atoms with Crippen LogP contribution in [0.15, 0.2) is 66.9 Å². The zero-order valence-corrected chi connectivity index (χ0v) is 13.3. The minimum Gasteiger partial charge on any atom is -0.352 e. The maximum atomic E-state index is 13.4. The zero-order chi connectivity index (χ0) is 16.8. The van der Waals surface area contributed by atoms with Crippen molar-refractivity contribution in [3.05, 3.63) is 78.3 Å². The number of fused-ring (bicyclic) bond motifs is 1. The van der Waals surface area contributed by atoms with Crippen LogP contribution in [-0.2, 0) is 11.3 Å². The summed E-state index contributed by atoms with van der Waals surface area (Å²) in [6.07, 6.45) is 5.75. The van der Waals surface area contributed by atoms with E-state index in [9.17, 15) is 9.18 Å². The number of aryl methyl sites for hydroxylation is 1. The number of carbonyl (C=O) groups excluding carboxylic acids is 1. The first kappa shape index (κ1) is 16.0. The summed E-state index contributed by atoms with van der Waals surface area (Å²) in [6, 6.07) is 16.7. The summed E-state index contributed by atoms with van der Waals surface area (Å²) in [7, 11) is 0. The van der Waals surface area contributed by atoms with Crippen LogP contribution in [0.3, 0.4) is 0 Å². The van der Waals surface area contributed by atoms with Gasteiger partial charge in [-0.25, -0.2) is 4.39 Å². The number of aromatic nitrogens is 1. The van der Waals surface area contributed by atoms with Gasteiger partial charge in [0.05, 0.1) is 0 Å². The molecule has 0 spiro atoms. The van der Waals surface area contributed by atoms with E-state index in [1.54, 1.807) is 18.2 Å². The highest BCUT2D eigenvalue weighted by atomic mass is 19.1. The lowest BCUT2D eigenvalue weighted by molar-refractivity contribution is -0.116. The zero-order valence-electron chi connectivity index (χ0n) is 13.3. The molecule has 0 aliphatic rings. The molecule has 122 valence electrons. The average Bonchev–Trinajstić information content (AvgIpc) is 3.01. The largest absolute Gasteiger partial charge is 0.352 e. The lowest BCUT2D eigenvalue weighted by Gasteiger charge is -2.06. The summed E-state index contributed by atoms with van der Waals surface area (Å²) in [5.74, 6) is -0.545. The molecule has 3 aromatic rings. The summed E-state index contributed by atoms with van der Waals surface area (Å²) in [4.78, 5) is 11.8. The predicted octanol–water partition coefficient (Wildman–Crippen LogP) is 4.00. The smallest absolute Gasteiger partial charge is 0.244 e. The highest BCUT2D eigenvalue weighted by Gasteiger charge is 2.01. The third kappa shape index (κ3) is 3.90. The molecule has 1 heterocycles. The molecule has 2 aromatic carbocycles. The number of nitrogens with one attached hydrogen (secondary N) is 1. The van der Waals surface area contributed by atoms with Gasteiger partial charge in [-0.1, -0.05) is 36.4 Å². The van der Waals surface area contributed by atoms with Crippen molar-refractivity contribution in [1.82, 2.24) is 9.88 Å². The second-order valence-electron chi connectivity index (χ2n) is 5.57. The van der Waals surface area contributed by atoms with Crippen LogP contribution in [0.25, 0.3) is 17.0 Å². The molecule has 1 N–H and O–H groups in total. The first-order valence-corrected chi connectivity index (χ1v) is 7.98. The third-order valence-corrected chi connectivity index (χ3v) is 3.87. The number of rotatable bonds is 6. The number of hydrogen-bond donors (Lipinski definition) is 1. The molecule has 0 atom stereocenters. The predicted molar refractivity (Wildman–Crippen MR) is 95.0 cm³/mol. The Kier molecular flexibility index (Phi) is 5.06. The lowest BCUT2D eigenvalue weighted by atomic mass is 10.2. The number of nitrogens with zero attached hydrogens (tertiary/aromatic N) is 1. The van der Waals surface area contributed by atoms with E-state index in [1.807, 2.05) is 12.1 Å². The van der Waals surface area contributed by atoms with Crippen LogP contribution in [-0.4, -0.2) is 17.0 Å². The minimum absolute atomic E-state index is 0.212. The number of hydrogen-bond acceptors (Lipinski definition) is 1. The number of benzene rings is 2. The van der Waals surface area contributed by atoms with Crippen molar-refractivity contribution in [2.45, 2.75) is 13.0 Å². The number of carbonyl (C=O) groups is 1. The molecule has 0 unspecified atom stereocenters. The Morgan fingerprint density at radius 3 is 2.75 bits per heavy atom. The number of para-hydroxylation sites is 1. The molecule has 0 fully saturated rings. The van der Waals surface area contributed by atoms with Crippen molar-refractivity contribution in [2.24, 2.45) is 0 Å². The summed E-state index contributed by atoms with van der Waals surface area (Å²) in [6.45, 7) is 1.41. The minimum atomic E-state index is -0.332. The fourth-order valence-corrected chi connectivity index (χ4v) is 2.63. The molecular formula is C20H19FN2O. The van der Waals surface area contributed by atoms with E-state index in [2.05, 4.69) is 34.3 Å². The van der Waals surface area contributed by atoms with E-state index in [4.69, 9.17) is 0 Å². The molecule has 3 rings (SSSR count). The molecule has 0 saturated heterocycles. The van der Waals surface area contributed by atoms with Gasteiger partial charge in [0.25, 0.3) is 0 Å². The number of amides is 1. The summed E-state index contributed by atoms with van der Waals surface area (Å²) in [5.41, 5.74) is 1.61. The summed E-state index contributed by atoms with van der Waals surface area (Å²) < 4.78 is 15.6. The Hall–Kier alpha value is -2.88. The van der Waals surface area contributed by atoms with Gasteiger partial charge in [0.2, 0.25) is 5.91 Å². The second kappa shape index (κ2) is 7.59. The molecular weight excluding hydrogens is 303 g/mol. The van der Waals surface area contributed by atoms with Gasteiger partial charge in [-0.15, -0.1) is 0 Å². The van der Waals surface area contributed by atoms with Crippen LogP contribution in [0.4, 0.5) is 4.39 Å². The fourth-order valence-electron chi connectivity index (χ4n) is 2.63. The van der Waals surface area contributed by atoms with Gasteiger partial charge in [-0.2, -0.15) is 0 Å². The summed E-state index contributed by atoms with van der Waals surface area (Å²) >= 11 is 0. The standard InChI is InChI=1S/C20H19FN2O/c21-18-8-3-1-6-16(18)10-11-20(24)22-13-5-14-23-15-12-17-7-2-4-9-19(17)23/h1-4,6-12,15H,5,13-14H2,(H,22,24)/b11-10+. The maximum Gasteiger partial charge on any atom is 0.244 e. The monoisotopic (exact) mass is 322 g/mol. The maximum absolute atomic E-state index is 13.4. The van der Waals surface area contributed by atoms with Crippen LogP contribution in [0.5, 0.6) is 0 Å². The van der Waals surface area contributed by atoms with Gasteiger partial charge >= 0.3 is 0 Å². The second-order valence-corrected chi connectivity index (χ2v) is 5.57. The Morgan fingerprint density at radius 2 is 1.88 bits per heavy atom. The topological polar surface area (TPSA) is 34.0 Å². The van der Waals surface area contributed by atoms with Gasteiger partial charge in [-0.05, 0) is 36.1 Å². The van der Waals surface area contributed by atoms with Crippen LogP contribution >= 0.6 is 0 Å². The van der Waals surface area contributed by atoms with Crippen molar-refractivity contribution < 1.29 is 9.18 Å². The highest BCUT2D eigenvalue weighted by Crippen LogP contribution is 2.15. The van der Waals surface area contributed by atoms with Gasteiger partial charge in [-0.3, -0.25) is 4.79 Å². The van der Waals surface area contributed by atoms with Crippen molar-refractivity contribution in [1.29, 1.82) is 0 Å². The molecule has 0 bridgehead atoms. The first-order valence-electron chi connectivity index (χ1n) is 7.98. The Labute approximate surface area is 140 Å². The van der Waals surface area contributed by atoms with E-state index in [0.717, 1.165) is 13.0 Å². The quantitative estimate of drug-likeness (QED) is 0.540. The molecule has 24 heavy (non-hydrogen) atoms. The molecule has 1 amide bonds. The molecule has 4 heteroatoms. The molecule has 0 saturated carbocycles. The van der Waals surface area contributed by atoms with Crippen molar-refractivity contribution in [2.75, 3.05) is 6.54 Å². The van der Waals surface area contributed by atoms with Crippen LogP contribution in [0.2, 0.25) is 0 Å². The molecule has 0 radical (unpaired) electrons. The van der Waals surface area contributed by atoms with E-state index in [1.165, 1.54) is 29.1 Å². The van der Waals surface area contributed by atoms with Crippen molar-refractivity contribution in [3.8, 4) is 0 Å². The SMILES string of the molecule is O=C(/C=C/c1ccccc1F)NCCCn1ccc2ccccc21. The van der Waals surface area contributed by atoms with Gasteiger partial charge < -0.3 is 9.88 Å². The number of halogens is 1. The van der Waals surface area contributed by atoms with Gasteiger partial charge in [0, 0.05) is 36.4 Å². The van der Waals surface area contributed by atoms with Crippen LogP contribution in [0.1, 0.15) is 12.0 Å². The van der Waals surface area contributed by atoms with Crippen molar-refractivity contribution >= 4 is 22.9 Å². The van der Waals surface area contributed by atoms with E-state index in [-0.39, 0.29) is 11.7 Å². The molecule has 0 aliphatic carbocycles. The van der Waals surface area contributed by atoms with Crippen LogP contribution in [0, 0.1) is 5.82 Å². The van der Waals surface area contributed by atoms with Gasteiger partial charge in [0.15, 0.2) is 0 Å². The Balaban J connectivity index is 1.46. The van der Waals surface area contributed by atoms with E-state index < -0.39 is 0 Å². The van der Waals surface area contributed by atoms with Crippen molar-refractivity contribution in [3.63, 3.8) is 0 Å². The first-order chi connectivity index (χ1) is 11.7. The lowest BCUT2D eigenvalue weighted by Crippen LogP contribution is -2.23. The average molecular weight is 322 g/mol. The summed E-state index contributed by atoms with van der Waals surface area (Å²) in [5, 5.41) is 4.04. The normalized spacial score (nSPS) is 11.2. The Bertz CT molecular complexity index is 867. The van der Waals surface area contributed by atoms with E-state index >= 15 is 0 Å². The van der Waals surface area contributed by atoms with E-state index in [0.29, 0.717) is 12.1 Å². The molecule has 1 aromatic heterocycles. The van der Waals surface area contributed by atoms with Gasteiger partial charge in [0.1, 0.15) is 5.82 Å². The molecule has 3 nitrogen and oxygen atoms in total. The Morgan fingerprint density at radius 1 is 1.08 bits per heavy atom.